The van der Waals surface area contributed by atoms with Gasteiger partial charge in [-0.3, -0.25) is 9.59 Å². The van der Waals surface area contributed by atoms with Gasteiger partial charge in [0.15, 0.2) is 0 Å². The van der Waals surface area contributed by atoms with Crippen LogP contribution in [0.4, 0.5) is 5.69 Å². The molecule has 0 spiro atoms. The number of carbonyl (C=O) groups excluding carboxylic acids is 2. The summed E-state index contributed by atoms with van der Waals surface area (Å²) in [6.45, 7) is 2.33. The molecule has 0 bridgehead atoms. The number of amides is 2. The Morgan fingerprint density at radius 1 is 1.26 bits per heavy atom. The molecule has 1 saturated carbocycles. The second kappa shape index (κ2) is 6.71. The third-order valence-corrected chi connectivity index (χ3v) is 5.12. The maximum Gasteiger partial charge on any atom is 0.241 e. The summed E-state index contributed by atoms with van der Waals surface area (Å²) in [6, 6.07) is 8.27. The van der Waals surface area contributed by atoms with Crippen LogP contribution in [0.2, 0.25) is 0 Å². The monoisotopic (exact) mass is 315 g/mol. The average Bonchev–Trinajstić information content (AvgIpc) is 2.88. The lowest BCUT2D eigenvalue weighted by Gasteiger charge is -2.31. The van der Waals surface area contributed by atoms with Gasteiger partial charge < -0.3 is 16.0 Å². The Balaban J connectivity index is 1.64. The molecule has 0 saturated heterocycles. The molecule has 5 nitrogen and oxygen atoms in total. The number of primary amides is 1. The summed E-state index contributed by atoms with van der Waals surface area (Å²) in [5, 5.41) is 3.29. The second-order valence-corrected chi connectivity index (χ2v) is 6.73. The Morgan fingerprint density at radius 2 is 2.00 bits per heavy atom. The van der Waals surface area contributed by atoms with Crippen molar-refractivity contribution >= 4 is 17.5 Å². The topological polar surface area (TPSA) is 75.4 Å². The number of hydrogen-bond donors (Lipinski definition) is 2. The Morgan fingerprint density at radius 3 is 2.78 bits per heavy atom. The molecule has 1 aliphatic heterocycles. The first-order valence-electron chi connectivity index (χ1n) is 8.50. The van der Waals surface area contributed by atoms with E-state index in [-0.39, 0.29) is 36.4 Å². The van der Waals surface area contributed by atoms with Crippen LogP contribution in [0.5, 0.6) is 0 Å². The molecule has 1 aromatic carbocycles. The van der Waals surface area contributed by atoms with Gasteiger partial charge in [0.1, 0.15) is 0 Å². The first-order chi connectivity index (χ1) is 11.1. The van der Waals surface area contributed by atoms with Crippen LogP contribution in [0, 0.1) is 5.92 Å². The summed E-state index contributed by atoms with van der Waals surface area (Å²) in [7, 11) is 0. The third kappa shape index (κ3) is 3.24. The van der Waals surface area contributed by atoms with Crippen LogP contribution in [0.3, 0.4) is 0 Å². The van der Waals surface area contributed by atoms with Crippen molar-refractivity contribution < 1.29 is 9.59 Å². The molecule has 5 heteroatoms. The molecule has 23 heavy (non-hydrogen) atoms. The van der Waals surface area contributed by atoms with Crippen molar-refractivity contribution in [2.24, 2.45) is 11.7 Å². The zero-order chi connectivity index (χ0) is 16.4. The molecular formula is C18H25N3O2. The normalized spacial score (nSPS) is 26.8. The minimum absolute atomic E-state index is 0.0263. The zero-order valence-electron chi connectivity index (χ0n) is 13.6. The molecule has 124 valence electrons. The van der Waals surface area contributed by atoms with Crippen LogP contribution in [0.1, 0.15) is 38.2 Å². The number of hydrogen-bond acceptors (Lipinski definition) is 3. The van der Waals surface area contributed by atoms with Crippen LogP contribution in [-0.2, 0) is 16.0 Å². The van der Waals surface area contributed by atoms with Gasteiger partial charge in [-0.05, 0) is 37.8 Å². The van der Waals surface area contributed by atoms with Crippen LogP contribution < -0.4 is 16.0 Å². The molecular weight excluding hydrogens is 290 g/mol. The highest BCUT2D eigenvalue weighted by molar-refractivity contribution is 5.97. The Labute approximate surface area is 137 Å². The number of benzene rings is 1. The Bertz CT molecular complexity index is 602. The van der Waals surface area contributed by atoms with E-state index in [9.17, 15) is 9.59 Å². The number of rotatable bonds is 4. The summed E-state index contributed by atoms with van der Waals surface area (Å²) in [4.78, 5) is 26.1. The molecule has 0 aromatic heterocycles. The van der Waals surface area contributed by atoms with E-state index in [1.165, 1.54) is 5.56 Å². The van der Waals surface area contributed by atoms with Crippen molar-refractivity contribution in [2.75, 3.05) is 11.4 Å². The van der Waals surface area contributed by atoms with Crippen molar-refractivity contribution in [1.29, 1.82) is 0 Å². The van der Waals surface area contributed by atoms with Crippen molar-refractivity contribution in [3.05, 3.63) is 29.8 Å². The number of nitrogens with zero attached hydrogens (tertiary/aromatic N) is 1. The summed E-state index contributed by atoms with van der Waals surface area (Å²) in [5.41, 5.74) is 7.74. The lowest BCUT2D eigenvalue weighted by molar-refractivity contribution is -0.124. The summed E-state index contributed by atoms with van der Waals surface area (Å²) < 4.78 is 0. The molecule has 0 unspecified atom stereocenters. The molecule has 1 aliphatic carbocycles. The number of para-hydroxylation sites is 1. The number of nitrogens with one attached hydrogen (secondary N) is 1. The maximum atomic E-state index is 12.7. The lowest BCUT2D eigenvalue weighted by atomic mass is 9.84. The fourth-order valence-electron chi connectivity index (χ4n) is 3.96. The molecule has 3 rings (SSSR count). The number of fused-ring (bicyclic) bond motifs is 1. The highest BCUT2D eigenvalue weighted by Crippen LogP contribution is 2.31. The molecule has 3 N–H and O–H groups in total. The van der Waals surface area contributed by atoms with Gasteiger partial charge in [0.25, 0.3) is 0 Å². The quantitative estimate of drug-likeness (QED) is 0.886. The van der Waals surface area contributed by atoms with Crippen molar-refractivity contribution in [3.63, 3.8) is 0 Å². The predicted molar refractivity (Wildman–Crippen MR) is 90.0 cm³/mol. The maximum absolute atomic E-state index is 12.7. The predicted octanol–water partition coefficient (Wildman–Crippen LogP) is 1.60. The van der Waals surface area contributed by atoms with E-state index in [2.05, 4.69) is 18.3 Å². The Kier molecular flexibility index (Phi) is 4.66. The second-order valence-electron chi connectivity index (χ2n) is 6.73. The third-order valence-electron chi connectivity index (χ3n) is 5.12. The van der Waals surface area contributed by atoms with E-state index in [4.69, 9.17) is 5.73 Å². The van der Waals surface area contributed by atoms with Crippen LogP contribution in [-0.4, -0.2) is 30.4 Å². The van der Waals surface area contributed by atoms with Crippen LogP contribution >= 0.6 is 0 Å². The van der Waals surface area contributed by atoms with Gasteiger partial charge in [-0.15, -0.1) is 0 Å². The van der Waals surface area contributed by atoms with E-state index >= 15 is 0 Å². The molecule has 1 heterocycles. The highest BCUT2D eigenvalue weighted by atomic mass is 16.2. The fraction of sp³-hybridized carbons (Fsp3) is 0.556. The van der Waals surface area contributed by atoms with Crippen LogP contribution in [0.25, 0.3) is 0 Å². The standard InChI is InChI=1S/C18H25N3O2/c1-12-10-13-6-2-5-9-16(13)21(12)17(22)11-20-15-8-4-3-7-14(15)18(19)23/h2,5-6,9,12,14-15,20H,3-4,7-8,10-11H2,1H3,(H2,19,23)/t12-,14+,15-/m1/s1. The molecule has 2 amide bonds. The zero-order valence-corrected chi connectivity index (χ0v) is 13.6. The minimum Gasteiger partial charge on any atom is -0.369 e. The van der Waals surface area contributed by atoms with E-state index in [1.54, 1.807) is 0 Å². The first kappa shape index (κ1) is 16.0. The van der Waals surface area contributed by atoms with Gasteiger partial charge in [0.05, 0.1) is 12.5 Å². The minimum atomic E-state index is -0.255. The first-order valence-corrected chi connectivity index (χ1v) is 8.50. The van der Waals surface area contributed by atoms with Crippen molar-refractivity contribution in [1.82, 2.24) is 5.32 Å². The largest absolute Gasteiger partial charge is 0.369 e. The van der Waals surface area contributed by atoms with Crippen molar-refractivity contribution in [3.8, 4) is 0 Å². The van der Waals surface area contributed by atoms with Gasteiger partial charge in [-0.25, -0.2) is 0 Å². The van der Waals surface area contributed by atoms with E-state index < -0.39 is 0 Å². The molecule has 2 aliphatic rings. The molecule has 1 fully saturated rings. The van der Waals surface area contributed by atoms with Crippen LogP contribution in [0.15, 0.2) is 24.3 Å². The molecule has 1 aromatic rings. The molecule has 0 radical (unpaired) electrons. The summed E-state index contributed by atoms with van der Waals surface area (Å²) in [5.74, 6) is -0.342. The summed E-state index contributed by atoms with van der Waals surface area (Å²) in [6.07, 6.45) is 4.75. The SMILES string of the molecule is C[C@@H]1Cc2ccccc2N1C(=O)CN[C@@H]1CCCC[C@@H]1C(N)=O. The smallest absolute Gasteiger partial charge is 0.241 e. The number of nitrogens with two attached hydrogens (primary N) is 1. The Hall–Kier alpha value is -1.88. The van der Waals surface area contributed by atoms with Gasteiger partial charge >= 0.3 is 0 Å². The molecule has 3 atom stereocenters. The van der Waals surface area contributed by atoms with Gasteiger partial charge in [0, 0.05) is 17.8 Å². The number of carbonyl (C=O) groups is 2. The fourth-order valence-corrected chi connectivity index (χ4v) is 3.96. The average molecular weight is 315 g/mol. The number of anilines is 1. The van der Waals surface area contributed by atoms with Gasteiger partial charge in [0.2, 0.25) is 11.8 Å². The highest BCUT2D eigenvalue weighted by Gasteiger charge is 2.33. The van der Waals surface area contributed by atoms with E-state index in [1.807, 2.05) is 23.1 Å². The van der Waals surface area contributed by atoms with Crippen molar-refractivity contribution in [2.45, 2.75) is 51.1 Å². The summed E-state index contributed by atoms with van der Waals surface area (Å²) >= 11 is 0. The van der Waals surface area contributed by atoms with Gasteiger partial charge in [-0.2, -0.15) is 0 Å². The van der Waals surface area contributed by atoms with E-state index in [0.717, 1.165) is 37.8 Å². The lowest BCUT2D eigenvalue weighted by Crippen LogP contribution is -2.49. The van der Waals surface area contributed by atoms with E-state index in [0.29, 0.717) is 0 Å². The van der Waals surface area contributed by atoms with Gasteiger partial charge in [-0.1, -0.05) is 31.0 Å².